The molecule has 1 atom stereocenters. The van der Waals surface area contributed by atoms with Gasteiger partial charge in [0.05, 0.1) is 24.1 Å². The van der Waals surface area contributed by atoms with Crippen molar-refractivity contribution < 1.29 is 24.5 Å². The first-order valence-electron chi connectivity index (χ1n) is 18.5. The van der Waals surface area contributed by atoms with Crippen LogP contribution in [0.2, 0.25) is 0 Å². The molecule has 2 amide bonds. The normalized spacial score (nSPS) is 14.6. The molecule has 53 heavy (non-hydrogen) atoms. The number of piperazine rings is 1. The number of unbranched alkanes of at least 4 members (excludes halogenated alkanes) is 1. The lowest BCUT2D eigenvalue weighted by atomic mass is 9.99. The molecule has 1 aromatic heterocycles. The lowest BCUT2D eigenvalue weighted by molar-refractivity contribution is -0.121. The van der Waals surface area contributed by atoms with Crippen LogP contribution >= 0.6 is 0 Å². The maximum absolute atomic E-state index is 15.0. The summed E-state index contributed by atoms with van der Waals surface area (Å²) in [4.78, 5) is 32.1. The molecule has 1 aliphatic rings. The Hall–Kier alpha value is -5.38. The Morgan fingerprint density at radius 1 is 0.849 bits per heavy atom. The Bertz CT molecular complexity index is 1960. The molecular formula is C44H50N4O5. The average molecular weight is 715 g/mol. The van der Waals surface area contributed by atoms with Crippen molar-refractivity contribution in [3.63, 3.8) is 0 Å². The first kappa shape index (κ1) is 37.4. The highest BCUT2D eigenvalue weighted by molar-refractivity contribution is 6.01. The van der Waals surface area contributed by atoms with Crippen LogP contribution in [0.4, 0.5) is 0 Å². The number of carbonyl (C=O) groups excluding carboxylic acids is 2. The Labute approximate surface area is 312 Å². The van der Waals surface area contributed by atoms with Crippen molar-refractivity contribution in [1.82, 2.24) is 19.7 Å². The third-order valence-corrected chi connectivity index (χ3v) is 9.96. The Morgan fingerprint density at radius 2 is 1.53 bits per heavy atom. The quantitative estimate of drug-likeness (QED) is 0.106. The summed E-state index contributed by atoms with van der Waals surface area (Å²) in [6, 6.07) is 36.2. The standard InChI is InChI=1S/C44H50N4O5/c1-32-26-38(44(52)47-24-23-46(30-34-16-8-4-9-17-34)31-37(47)27-33-14-6-3-7-15-33)42(36-18-10-5-11-19-36)48(32)39-28-35(29-40(50)43(39)53-2)20-21-41(51)45-22-12-13-25-49/h3-11,14-19,26,28-29,37,49-50H,12-13,20-25,27,30-31H2,1-2H3,(H,45,51)/t37-/m1/s1. The van der Waals surface area contributed by atoms with E-state index >= 15 is 4.79 Å². The Balaban J connectivity index is 1.36. The van der Waals surface area contributed by atoms with Crippen LogP contribution in [0.15, 0.2) is 109 Å². The minimum atomic E-state index is -0.0938. The van der Waals surface area contributed by atoms with Gasteiger partial charge in [0, 0.05) is 57.5 Å². The van der Waals surface area contributed by atoms with E-state index in [1.54, 1.807) is 6.07 Å². The molecule has 0 unspecified atom stereocenters. The number of rotatable bonds is 15. The zero-order valence-electron chi connectivity index (χ0n) is 30.7. The summed E-state index contributed by atoms with van der Waals surface area (Å²) < 4.78 is 7.79. The number of aliphatic hydroxyl groups is 1. The van der Waals surface area contributed by atoms with Crippen LogP contribution in [0.25, 0.3) is 16.9 Å². The number of methoxy groups -OCH3 is 1. The second-order valence-corrected chi connectivity index (χ2v) is 13.8. The number of hydrogen-bond acceptors (Lipinski definition) is 6. The number of nitrogens with zero attached hydrogens (tertiary/aromatic N) is 3. The average Bonchev–Trinajstić information content (AvgIpc) is 3.53. The number of aliphatic hydroxyl groups excluding tert-OH is 1. The molecule has 276 valence electrons. The maximum Gasteiger partial charge on any atom is 0.256 e. The van der Waals surface area contributed by atoms with Crippen LogP contribution in [0, 0.1) is 6.92 Å². The number of nitrogens with one attached hydrogen (secondary N) is 1. The summed E-state index contributed by atoms with van der Waals surface area (Å²) in [6.07, 6.45) is 2.72. The fraction of sp³-hybridized carbons (Fsp3) is 0.318. The lowest BCUT2D eigenvalue weighted by Crippen LogP contribution is -2.55. The number of carbonyl (C=O) groups is 2. The second kappa shape index (κ2) is 17.9. The zero-order valence-corrected chi connectivity index (χ0v) is 30.7. The molecule has 1 saturated heterocycles. The maximum atomic E-state index is 15.0. The van der Waals surface area contributed by atoms with Crippen molar-refractivity contribution >= 4 is 11.8 Å². The Morgan fingerprint density at radius 3 is 2.21 bits per heavy atom. The van der Waals surface area contributed by atoms with Gasteiger partial charge < -0.3 is 29.7 Å². The van der Waals surface area contributed by atoms with E-state index in [2.05, 4.69) is 46.6 Å². The van der Waals surface area contributed by atoms with E-state index in [0.717, 1.165) is 48.6 Å². The molecule has 9 nitrogen and oxygen atoms in total. The van der Waals surface area contributed by atoms with Crippen molar-refractivity contribution in [3.8, 4) is 28.4 Å². The van der Waals surface area contributed by atoms with Gasteiger partial charge in [-0.2, -0.15) is 0 Å². The third kappa shape index (κ3) is 9.17. The summed E-state index contributed by atoms with van der Waals surface area (Å²) in [6.45, 7) is 5.48. The van der Waals surface area contributed by atoms with Crippen molar-refractivity contribution in [2.24, 2.45) is 0 Å². The summed E-state index contributed by atoms with van der Waals surface area (Å²) >= 11 is 0. The topological polar surface area (TPSA) is 107 Å². The van der Waals surface area contributed by atoms with E-state index in [1.165, 1.54) is 18.2 Å². The van der Waals surface area contributed by atoms with E-state index in [0.29, 0.717) is 43.6 Å². The number of amides is 2. The number of benzene rings is 4. The van der Waals surface area contributed by atoms with Crippen molar-refractivity contribution in [2.75, 3.05) is 39.9 Å². The fourth-order valence-electron chi connectivity index (χ4n) is 7.37. The molecule has 0 bridgehead atoms. The zero-order chi connectivity index (χ0) is 37.2. The SMILES string of the molecule is COc1c(O)cc(CCC(=O)NCCCCO)cc1-n1c(C)cc(C(=O)N2CCN(Cc3ccccc3)C[C@H]2Cc2ccccc2)c1-c1ccccc1. The smallest absolute Gasteiger partial charge is 0.256 e. The van der Waals surface area contributed by atoms with Gasteiger partial charge in [-0.1, -0.05) is 91.0 Å². The monoisotopic (exact) mass is 714 g/mol. The van der Waals surface area contributed by atoms with E-state index < -0.39 is 0 Å². The predicted molar refractivity (Wildman–Crippen MR) is 208 cm³/mol. The molecule has 6 rings (SSSR count). The van der Waals surface area contributed by atoms with Crippen molar-refractivity contribution in [2.45, 2.75) is 51.6 Å². The minimum Gasteiger partial charge on any atom is -0.504 e. The molecule has 1 fully saturated rings. The molecule has 0 saturated carbocycles. The van der Waals surface area contributed by atoms with Gasteiger partial charge >= 0.3 is 0 Å². The van der Waals surface area contributed by atoms with Crippen LogP contribution in [0.1, 0.15) is 52.0 Å². The van der Waals surface area contributed by atoms with Crippen LogP contribution < -0.4 is 10.1 Å². The lowest BCUT2D eigenvalue weighted by Gasteiger charge is -2.42. The van der Waals surface area contributed by atoms with Gasteiger partial charge in [0.2, 0.25) is 5.91 Å². The van der Waals surface area contributed by atoms with E-state index in [1.807, 2.05) is 83.1 Å². The molecule has 9 heteroatoms. The summed E-state index contributed by atoms with van der Waals surface area (Å²) in [7, 11) is 1.52. The highest BCUT2D eigenvalue weighted by Crippen LogP contribution is 2.40. The number of aryl methyl sites for hydroxylation is 2. The summed E-state index contributed by atoms with van der Waals surface area (Å²) in [5.74, 6) is 0.112. The molecule has 4 aromatic carbocycles. The molecule has 1 aliphatic heterocycles. The van der Waals surface area contributed by atoms with Gasteiger partial charge in [0.25, 0.3) is 5.91 Å². The number of aromatic nitrogens is 1. The first-order valence-corrected chi connectivity index (χ1v) is 18.5. The van der Waals surface area contributed by atoms with Gasteiger partial charge in [-0.15, -0.1) is 0 Å². The van der Waals surface area contributed by atoms with Gasteiger partial charge in [0.15, 0.2) is 11.5 Å². The largest absolute Gasteiger partial charge is 0.504 e. The number of phenolic OH excluding ortho intramolecular Hbond substituents is 1. The number of hydrogen-bond donors (Lipinski definition) is 3. The number of ether oxygens (including phenoxy) is 1. The highest BCUT2D eigenvalue weighted by Gasteiger charge is 2.34. The molecule has 2 heterocycles. The Kier molecular flexibility index (Phi) is 12.6. The van der Waals surface area contributed by atoms with Gasteiger partial charge in [-0.05, 0) is 73.1 Å². The van der Waals surface area contributed by atoms with Gasteiger partial charge in [-0.3, -0.25) is 14.5 Å². The fourth-order valence-corrected chi connectivity index (χ4v) is 7.37. The van der Waals surface area contributed by atoms with Gasteiger partial charge in [-0.25, -0.2) is 0 Å². The third-order valence-electron chi connectivity index (χ3n) is 9.96. The van der Waals surface area contributed by atoms with E-state index in [-0.39, 0.29) is 42.4 Å². The van der Waals surface area contributed by atoms with E-state index in [4.69, 9.17) is 9.84 Å². The molecular weight excluding hydrogens is 665 g/mol. The predicted octanol–water partition coefficient (Wildman–Crippen LogP) is 6.56. The van der Waals surface area contributed by atoms with Crippen LogP contribution in [-0.2, 0) is 24.2 Å². The summed E-state index contributed by atoms with van der Waals surface area (Å²) in [5.41, 5.74) is 6.77. The van der Waals surface area contributed by atoms with Crippen molar-refractivity contribution in [1.29, 1.82) is 0 Å². The molecule has 5 aromatic rings. The van der Waals surface area contributed by atoms with E-state index in [9.17, 15) is 9.90 Å². The van der Waals surface area contributed by atoms with Gasteiger partial charge in [0.1, 0.15) is 0 Å². The van der Waals surface area contributed by atoms with Crippen molar-refractivity contribution in [3.05, 3.63) is 137 Å². The summed E-state index contributed by atoms with van der Waals surface area (Å²) in [5, 5.41) is 23.2. The molecule has 0 radical (unpaired) electrons. The van der Waals surface area contributed by atoms with Crippen LogP contribution in [0.3, 0.4) is 0 Å². The second-order valence-electron chi connectivity index (χ2n) is 13.8. The van der Waals surface area contributed by atoms with Crippen LogP contribution in [0.5, 0.6) is 11.5 Å². The first-order chi connectivity index (χ1) is 25.9. The molecule has 0 aliphatic carbocycles. The van der Waals surface area contributed by atoms with Crippen LogP contribution in [-0.4, -0.2) is 82.3 Å². The number of phenols is 1. The minimum absolute atomic E-state index is 0.0387. The molecule has 0 spiro atoms. The highest BCUT2D eigenvalue weighted by atomic mass is 16.5. The number of aromatic hydroxyl groups is 1. The molecule has 3 N–H and O–H groups in total.